The average Bonchev–Trinajstić information content (AvgIpc) is 3.33. The van der Waals surface area contributed by atoms with Crippen LogP contribution in [0.4, 0.5) is 0 Å². The van der Waals surface area contributed by atoms with Gasteiger partial charge in [0.15, 0.2) is 11.4 Å². The molecule has 0 saturated heterocycles. The molecule has 0 radical (unpaired) electrons. The van der Waals surface area contributed by atoms with Crippen molar-refractivity contribution in [3.05, 3.63) is 89.6 Å². The summed E-state index contributed by atoms with van der Waals surface area (Å²) in [4.78, 5) is 4.62. The molecule has 0 amide bonds. The van der Waals surface area contributed by atoms with Crippen LogP contribution in [0.15, 0.2) is 71.3 Å². The Morgan fingerprint density at radius 1 is 1.00 bits per heavy atom. The van der Waals surface area contributed by atoms with Crippen molar-refractivity contribution in [2.45, 2.75) is 57.3 Å². The molecule has 1 aliphatic carbocycles. The molecule has 182 valence electrons. The molecule has 1 unspecified atom stereocenters. The monoisotopic (exact) mass is 463 g/mol. The van der Waals surface area contributed by atoms with Crippen LogP contribution in [0.1, 0.15) is 61.3 Å². The van der Waals surface area contributed by atoms with Crippen molar-refractivity contribution in [3.8, 4) is 0 Å². The fraction of sp³-hybridized carbons (Fsp3) is 0.483. The Bertz CT molecular complexity index is 996. The van der Waals surface area contributed by atoms with Crippen LogP contribution < -0.4 is 0 Å². The quantitative estimate of drug-likeness (QED) is 0.294. The van der Waals surface area contributed by atoms with E-state index in [4.69, 9.17) is 9.15 Å². The van der Waals surface area contributed by atoms with Gasteiger partial charge in [-0.1, -0.05) is 79.9 Å². The van der Waals surface area contributed by atoms with Crippen LogP contribution in [0.2, 0.25) is 0 Å². The van der Waals surface area contributed by atoms with Gasteiger partial charge in [0.05, 0.1) is 40.1 Å². The second-order valence-corrected chi connectivity index (χ2v) is 10.3. The zero-order chi connectivity index (χ0) is 23.9. The van der Waals surface area contributed by atoms with Gasteiger partial charge in [-0.05, 0) is 24.0 Å². The first-order valence-corrected chi connectivity index (χ1v) is 12.6. The molecule has 5 nitrogen and oxygen atoms in total. The average molecular weight is 464 g/mol. The fourth-order valence-electron chi connectivity index (χ4n) is 5.16. The third-order valence-corrected chi connectivity index (χ3v) is 7.04. The topological polar surface area (TPSA) is 55.5 Å². The van der Waals surface area contributed by atoms with E-state index in [0.717, 1.165) is 67.6 Å². The number of aromatic nitrogens is 1. The molecule has 34 heavy (non-hydrogen) atoms. The lowest BCUT2D eigenvalue weighted by Crippen LogP contribution is -2.40. The van der Waals surface area contributed by atoms with E-state index in [1.165, 1.54) is 12.0 Å². The number of aliphatic hydroxyl groups is 1. The van der Waals surface area contributed by atoms with Gasteiger partial charge < -0.3 is 18.7 Å². The molecule has 4 rings (SSSR count). The molecule has 0 aliphatic heterocycles. The van der Waals surface area contributed by atoms with Crippen LogP contribution in [-0.2, 0) is 23.5 Å². The first-order valence-electron chi connectivity index (χ1n) is 12.6. The van der Waals surface area contributed by atoms with Crippen LogP contribution >= 0.6 is 0 Å². The van der Waals surface area contributed by atoms with Gasteiger partial charge in [0.25, 0.3) is 0 Å². The summed E-state index contributed by atoms with van der Waals surface area (Å²) in [5, 5.41) is 12.0. The minimum absolute atomic E-state index is 0.124. The maximum absolute atomic E-state index is 12.0. The Morgan fingerprint density at radius 2 is 1.68 bits per heavy atom. The number of ether oxygens (including phenoxy) is 1. The van der Waals surface area contributed by atoms with Crippen molar-refractivity contribution in [1.29, 1.82) is 0 Å². The van der Waals surface area contributed by atoms with Crippen LogP contribution in [0.25, 0.3) is 0 Å². The number of oxazole rings is 1. The number of benzene rings is 2. The Morgan fingerprint density at radius 3 is 2.38 bits per heavy atom. The van der Waals surface area contributed by atoms with Gasteiger partial charge in [0.2, 0.25) is 5.89 Å². The summed E-state index contributed by atoms with van der Waals surface area (Å²) in [5.41, 5.74) is 0.899. The summed E-state index contributed by atoms with van der Waals surface area (Å²) in [5.74, 6) is 1.38. The molecule has 2 aromatic carbocycles. The van der Waals surface area contributed by atoms with Gasteiger partial charge in [0, 0.05) is 12.3 Å². The Balaban J connectivity index is 1.37. The smallest absolute Gasteiger partial charge is 0.231 e. The van der Waals surface area contributed by atoms with Crippen molar-refractivity contribution in [3.63, 3.8) is 0 Å². The fourth-order valence-corrected chi connectivity index (χ4v) is 5.16. The summed E-state index contributed by atoms with van der Waals surface area (Å²) < 4.78 is 12.9. The lowest BCUT2D eigenvalue weighted by Gasteiger charge is -2.36. The standard InChI is InChI=1S/C29H39N2O3/c1-31(2,19-12-20-33-23-24-13-6-3-7-14-24)22-27-21-30-28(34-27)29(32,25-15-8-4-9-16-25)26-17-10-5-11-18-26/h3-4,6-9,13-16,21,26,32H,5,10-12,17-20,22-23H2,1-2H3/q+1. The number of rotatable bonds is 11. The lowest BCUT2D eigenvalue weighted by molar-refractivity contribution is -0.904. The molecule has 1 aliphatic rings. The minimum atomic E-state index is -1.18. The Kier molecular flexibility index (Phi) is 8.19. The number of quaternary nitrogens is 1. The van der Waals surface area contributed by atoms with Gasteiger partial charge in [-0.25, -0.2) is 4.98 Å². The molecule has 1 fully saturated rings. The van der Waals surface area contributed by atoms with E-state index in [9.17, 15) is 5.11 Å². The van der Waals surface area contributed by atoms with Gasteiger partial charge in [-0.2, -0.15) is 0 Å². The van der Waals surface area contributed by atoms with E-state index in [1.807, 2.05) is 48.5 Å². The van der Waals surface area contributed by atoms with Crippen molar-refractivity contribution < 1.29 is 18.7 Å². The molecule has 1 N–H and O–H groups in total. The summed E-state index contributed by atoms with van der Waals surface area (Å²) in [6.07, 6.45) is 8.28. The van der Waals surface area contributed by atoms with Crippen LogP contribution in [0.3, 0.4) is 0 Å². The molecule has 0 bridgehead atoms. The predicted octanol–water partition coefficient (Wildman–Crippen LogP) is 5.67. The largest absolute Gasteiger partial charge is 0.436 e. The summed E-state index contributed by atoms with van der Waals surface area (Å²) in [6.45, 7) is 3.07. The van der Waals surface area contributed by atoms with E-state index in [1.54, 1.807) is 6.20 Å². The third kappa shape index (κ3) is 6.15. The first-order chi connectivity index (χ1) is 16.5. The SMILES string of the molecule is C[N+](C)(CCCOCc1ccccc1)Cc1cnc(C(O)(c2ccccc2)C2CCCCC2)o1. The van der Waals surface area contributed by atoms with E-state index in [0.29, 0.717) is 12.5 Å². The normalized spacial score (nSPS) is 16.9. The maximum atomic E-state index is 12.0. The van der Waals surface area contributed by atoms with Crippen molar-refractivity contribution in [2.24, 2.45) is 5.92 Å². The third-order valence-electron chi connectivity index (χ3n) is 7.04. The molecule has 3 aromatic rings. The Labute approximate surface area is 204 Å². The van der Waals surface area contributed by atoms with Gasteiger partial charge >= 0.3 is 0 Å². The highest BCUT2D eigenvalue weighted by Crippen LogP contribution is 2.43. The van der Waals surface area contributed by atoms with E-state index in [2.05, 4.69) is 31.2 Å². The summed E-state index contributed by atoms with van der Waals surface area (Å²) in [7, 11) is 4.40. The van der Waals surface area contributed by atoms with Gasteiger partial charge in [-0.3, -0.25) is 0 Å². The first kappa shape index (κ1) is 24.6. The molecular weight excluding hydrogens is 424 g/mol. The molecule has 1 heterocycles. The number of hydrogen-bond acceptors (Lipinski definition) is 4. The zero-order valence-corrected chi connectivity index (χ0v) is 20.7. The van der Waals surface area contributed by atoms with Gasteiger partial charge in [0.1, 0.15) is 6.54 Å². The Hall–Kier alpha value is -2.47. The van der Waals surface area contributed by atoms with E-state index < -0.39 is 5.60 Å². The lowest BCUT2D eigenvalue weighted by atomic mass is 9.73. The molecule has 1 aromatic heterocycles. The second kappa shape index (κ2) is 11.3. The highest BCUT2D eigenvalue weighted by molar-refractivity contribution is 5.30. The highest BCUT2D eigenvalue weighted by atomic mass is 16.5. The molecule has 1 atom stereocenters. The molecular formula is C29H39N2O3+. The zero-order valence-electron chi connectivity index (χ0n) is 20.7. The van der Waals surface area contributed by atoms with Crippen LogP contribution in [0.5, 0.6) is 0 Å². The van der Waals surface area contributed by atoms with Crippen molar-refractivity contribution in [2.75, 3.05) is 27.2 Å². The minimum Gasteiger partial charge on any atom is -0.436 e. The van der Waals surface area contributed by atoms with Crippen molar-refractivity contribution >= 4 is 0 Å². The number of hydrogen-bond donors (Lipinski definition) is 1. The van der Waals surface area contributed by atoms with E-state index in [-0.39, 0.29) is 5.92 Å². The molecule has 5 heteroatoms. The van der Waals surface area contributed by atoms with Crippen LogP contribution in [0, 0.1) is 5.92 Å². The molecule has 0 spiro atoms. The highest BCUT2D eigenvalue weighted by Gasteiger charge is 2.44. The second-order valence-electron chi connectivity index (χ2n) is 10.3. The summed E-state index contributed by atoms with van der Waals surface area (Å²) in [6, 6.07) is 20.2. The van der Waals surface area contributed by atoms with Gasteiger partial charge in [-0.15, -0.1) is 0 Å². The summed E-state index contributed by atoms with van der Waals surface area (Å²) >= 11 is 0. The predicted molar refractivity (Wildman–Crippen MR) is 134 cm³/mol. The maximum Gasteiger partial charge on any atom is 0.231 e. The molecule has 1 saturated carbocycles. The van der Waals surface area contributed by atoms with E-state index >= 15 is 0 Å². The van der Waals surface area contributed by atoms with Crippen LogP contribution in [-0.4, -0.2) is 41.8 Å². The van der Waals surface area contributed by atoms with Crippen molar-refractivity contribution in [1.82, 2.24) is 4.98 Å². The number of nitrogens with zero attached hydrogens (tertiary/aromatic N) is 2.